The molecule has 0 spiro atoms. The van der Waals surface area contributed by atoms with Crippen LogP contribution in [0.3, 0.4) is 0 Å². The molecule has 0 aliphatic carbocycles. The van der Waals surface area contributed by atoms with Crippen molar-refractivity contribution in [2.24, 2.45) is 0 Å². The van der Waals surface area contributed by atoms with Gasteiger partial charge in [-0.25, -0.2) is 0 Å². The van der Waals surface area contributed by atoms with Gasteiger partial charge in [-0.3, -0.25) is 0 Å². The molecule has 0 amide bonds. The first-order valence-corrected chi connectivity index (χ1v) is 15.9. The predicted octanol–water partition coefficient (Wildman–Crippen LogP) is 6.64. The van der Waals surface area contributed by atoms with E-state index in [1.807, 2.05) is 0 Å². The summed E-state index contributed by atoms with van der Waals surface area (Å²) in [6, 6.07) is 0. The molecule has 0 nitrogen and oxygen atoms in total. The van der Waals surface area contributed by atoms with E-state index in [4.69, 9.17) is 0 Å². The molecule has 0 N–H and O–H groups in total. The molecule has 1 heteroatoms. The second kappa shape index (κ2) is 8.82. The van der Waals surface area contributed by atoms with Gasteiger partial charge in [-0.1, -0.05) is 0 Å². The fourth-order valence-corrected chi connectivity index (χ4v) is 25.3. The van der Waals surface area contributed by atoms with Crippen LogP contribution in [0.5, 0.6) is 0 Å². The minimum absolute atomic E-state index is 1.11. The van der Waals surface area contributed by atoms with Crippen molar-refractivity contribution < 1.29 is 0 Å². The van der Waals surface area contributed by atoms with Crippen molar-refractivity contribution in [3.05, 3.63) is 0 Å². The van der Waals surface area contributed by atoms with Crippen LogP contribution in [0, 0.1) is 0 Å². The molecule has 0 aliphatic rings. The summed E-state index contributed by atoms with van der Waals surface area (Å²) >= 11 is -2.00. The Labute approximate surface area is 115 Å². The normalized spacial score (nSPS) is 13.1. The van der Waals surface area contributed by atoms with Crippen molar-refractivity contribution in [3.63, 3.8) is 0 Å². The summed E-state index contributed by atoms with van der Waals surface area (Å²) in [5, 5.41) is 0. The fraction of sp³-hybridized carbons (Fsp3) is 1.00. The summed E-state index contributed by atoms with van der Waals surface area (Å²) in [5.41, 5.74) is 0. The molecule has 0 aromatic heterocycles. The Morgan fingerprint density at radius 2 is 0.706 bits per heavy atom. The van der Waals surface area contributed by atoms with Crippen molar-refractivity contribution in [2.75, 3.05) is 0 Å². The molecule has 0 aromatic carbocycles. The summed E-state index contributed by atoms with van der Waals surface area (Å²) in [5.74, 6) is 0. The van der Waals surface area contributed by atoms with E-state index in [0.29, 0.717) is 0 Å². The van der Waals surface area contributed by atoms with Crippen molar-refractivity contribution in [3.8, 4) is 0 Å². The van der Waals surface area contributed by atoms with E-state index >= 15 is 0 Å². The maximum absolute atomic E-state index is 2.81. The van der Waals surface area contributed by atoms with Crippen molar-refractivity contribution in [2.45, 2.75) is 96.8 Å². The second-order valence-corrected chi connectivity index (χ2v) is 20.7. The molecule has 0 bridgehead atoms. The van der Waals surface area contributed by atoms with Gasteiger partial charge in [-0.2, -0.15) is 0 Å². The minimum atomic E-state index is -2.00. The van der Waals surface area contributed by atoms with Gasteiger partial charge in [0, 0.05) is 0 Å². The molecule has 0 fully saturated rings. The van der Waals surface area contributed by atoms with Crippen molar-refractivity contribution >= 4 is 18.4 Å². The number of hydrogen-bond acceptors (Lipinski definition) is 0. The number of hydrogen-bond donors (Lipinski definition) is 0. The van der Waals surface area contributed by atoms with E-state index < -0.39 is 18.4 Å². The zero-order valence-electron chi connectivity index (χ0n) is 13.5. The van der Waals surface area contributed by atoms with Gasteiger partial charge in [-0.05, 0) is 0 Å². The number of rotatable bonds is 9. The van der Waals surface area contributed by atoms with Crippen LogP contribution in [0.25, 0.3) is 0 Å². The zero-order chi connectivity index (χ0) is 13.5. The molecule has 0 aromatic rings. The fourth-order valence-electron chi connectivity index (χ4n) is 4.50. The van der Waals surface area contributed by atoms with E-state index in [9.17, 15) is 0 Å². The van der Waals surface area contributed by atoms with Crippen LogP contribution in [0.1, 0.15) is 80.1 Å². The quantitative estimate of drug-likeness (QED) is 0.410. The van der Waals surface area contributed by atoms with Gasteiger partial charge in [0.1, 0.15) is 0 Å². The van der Waals surface area contributed by atoms with Gasteiger partial charge in [0.15, 0.2) is 0 Å². The molecule has 0 radical (unpaired) electrons. The van der Waals surface area contributed by atoms with Crippen LogP contribution in [-0.4, -0.2) is 18.4 Å². The first-order valence-electron chi connectivity index (χ1n) is 8.06. The Balaban J connectivity index is 5.29. The van der Waals surface area contributed by atoms with Gasteiger partial charge in [0.25, 0.3) is 0 Å². The third-order valence-electron chi connectivity index (χ3n) is 5.60. The standard InChI is InChI=1S/3C5H11.CH3.Sn/c3*1-3-5-4-2;;/h3*5H,3-4H2,1-2H3;1H3;. The third-order valence-corrected chi connectivity index (χ3v) is 27.7. The molecule has 104 valence electrons. The van der Waals surface area contributed by atoms with Crippen LogP contribution in [0.4, 0.5) is 0 Å². The van der Waals surface area contributed by atoms with E-state index in [1.54, 1.807) is 0 Å². The predicted molar refractivity (Wildman–Crippen MR) is 84.6 cm³/mol. The van der Waals surface area contributed by atoms with Gasteiger partial charge in [-0.15, -0.1) is 0 Å². The van der Waals surface area contributed by atoms with Crippen LogP contribution < -0.4 is 0 Å². The first-order chi connectivity index (χ1) is 8.06. The van der Waals surface area contributed by atoms with E-state index in [2.05, 4.69) is 46.5 Å². The molecule has 0 saturated heterocycles. The van der Waals surface area contributed by atoms with Gasteiger partial charge >= 0.3 is 115 Å². The molecular weight excluding hydrogens is 311 g/mol. The Morgan fingerprint density at radius 1 is 0.529 bits per heavy atom. The first kappa shape index (κ1) is 17.8. The molecule has 0 unspecified atom stereocenters. The van der Waals surface area contributed by atoms with E-state index in [-0.39, 0.29) is 0 Å². The average molecular weight is 347 g/mol. The zero-order valence-corrected chi connectivity index (χ0v) is 16.3. The average Bonchev–Trinajstić information content (AvgIpc) is 2.33. The third kappa shape index (κ3) is 3.88. The Morgan fingerprint density at radius 3 is 0.824 bits per heavy atom. The SMILES string of the molecule is CC[CH](CC)[Sn]([CH3])([CH](CC)CC)[CH](CC)CC. The van der Waals surface area contributed by atoms with E-state index in [0.717, 1.165) is 11.8 Å². The summed E-state index contributed by atoms with van der Waals surface area (Å²) in [6.45, 7) is 14.6. The molecule has 0 heterocycles. The maximum atomic E-state index is 2.81. The molecule has 0 atom stereocenters. The second-order valence-electron chi connectivity index (χ2n) is 5.91. The molecule has 0 rings (SSSR count). The molecule has 0 saturated carbocycles. The molecule has 17 heavy (non-hydrogen) atoms. The summed E-state index contributed by atoms with van der Waals surface area (Å²) in [4.78, 5) is 2.81. The summed E-state index contributed by atoms with van der Waals surface area (Å²) in [6.07, 6.45) is 8.64. The topological polar surface area (TPSA) is 0 Å². The molecule has 0 aliphatic heterocycles. The van der Waals surface area contributed by atoms with Crippen LogP contribution >= 0.6 is 0 Å². The Kier molecular flexibility index (Phi) is 9.24. The van der Waals surface area contributed by atoms with Crippen molar-refractivity contribution in [1.82, 2.24) is 0 Å². The van der Waals surface area contributed by atoms with Gasteiger partial charge in [0.2, 0.25) is 0 Å². The monoisotopic (exact) mass is 348 g/mol. The summed E-state index contributed by atoms with van der Waals surface area (Å²) in [7, 11) is 0. The van der Waals surface area contributed by atoms with Crippen molar-refractivity contribution in [1.29, 1.82) is 0 Å². The van der Waals surface area contributed by atoms with Crippen LogP contribution in [-0.2, 0) is 0 Å². The molecular formula is C16H36Sn. The Bertz CT molecular complexity index is 145. The van der Waals surface area contributed by atoms with Crippen LogP contribution in [0.2, 0.25) is 16.7 Å². The Hall–Kier alpha value is 0.799. The van der Waals surface area contributed by atoms with Crippen LogP contribution in [0.15, 0.2) is 0 Å². The summed E-state index contributed by atoms with van der Waals surface area (Å²) < 4.78 is 3.33. The van der Waals surface area contributed by atoms with Gasteiger partial charge in [0.05, 0.1) is 0 Å². The van der Waals surface area contributed by atoms with Gasteiger partial charge < -0.3 is 0 Å². The van der Waals surface area contributed by atoms with E-state index in [1.165, 1.54) is 38.5 Å².